The molecule has 1 N–H and O–H groups in total. The Bertz CT molecular complexity index is 957. The highest BCUT2D eigenvalue weighted by atomic mass is 19.4. The van der Waals surface area contributed by atoms with Gasteiger partial charge in [-0.1, -0.05) is 6.07 Å². The Morgan fingerprint density at radius 3 is 2.28 bits per heavy atom. The van der Waals surface area contributed by atoms with Crippen molar-refractivity contribution in [2.75, 3.05) is 18.4 Å². The predicted octanol–water partition coefficient (Wildman–Crippen LogP) is 5.51. The molecule has 1 saturated heterocycles. The Labute approximate surface area is 179 Å². The van der Waals surface area contributed by atoms with E-state index in [1.807, 2.05) is 4.90 Å². The van der Waals surface area contributed by atoms with Crippen LogP contribution in [0.15, 0.2) is 30.6 Å². The van der Waals surface area contributed by atoms with Crippen LogP contribution in [0.3, 0.4) is 0 Å². The summed E-state index contributed by atoms with van der Waals surface area (Å²) in [6.07, 6.45) is -5.10. The standard InChI is InChI=1S/C21H21F7N4/c22-16-2-1-13(7-15(16)20(23,24)25)11-32-5-3-19(4-6-32)9-14(10-19)31-18-8-17(21(26,27)28)29-12-30-18/h1-2,7-8,12,14H,3-6,9-11H2,(H,29,30,31). The van der Waals surface area contributed by atoms with Crippen molar-refractivity contribution in [3.05, 3.63) is 53.2 Å². The minimum atomic E-state index is -4.73. The van der Waals surface area contributed by atoms with E-state index in [0.717, 1.165) is 50.2 Å². The molecule has 1 aromatic heterocycles. The normalized spacial score (nSPS) is 19.7. The molecule has 0 unspecified atom stereocenters. The minimum absolute atomic E-state index is 0.0176. The van der Waals surface area contributed by atoms with Gasteiger partial charge in [-0.3, -0.25) is 4.90 Å². The van der Waals surface area contributed by atoms with Gasteiger partial charge in [0.15, 0.2) is 0 Å². The van der Waals surface area contributed by atoms with Crippen LogP contribution in [0.2, 0.25) is 0 Å². The Hall–Kier alpha value is -2.43. The van der Waals surface area contributed by atoms with Gasteiger partial charge in [0.2, 0.25) is 0 Å². The zero-order valence-electron chi connectivity index (χ0n) is 16.9. The second-order valence-electron chi connectivity index (χ2n) is 8.62. The molecule has 1 saturated carbocycles. The fraction of sp³-hybridized carbons (Fsp3) is 0.524. The molecule has 2 heterocycles. The number of piperidine rings is 1. The van der Waals surface area contributed by atoms with Gasteiger partial charge in [-0.25, -0.2) is 14.4 Å². The van der Waals surface area contributed by atoms with Gasteiger partial charge in [-0.15, -0.1) is 0 Å². The summed E-state index contributed by atoms with van der Waals surface area (Å²) in [5.74, 6) is -1.14. The maximum Gasteiger partial charge on any atom is 0.433 e. The number of nitrogens with one attached hydrogen (secondary N) is 1. The number of hydrogen-bond donors (Lipinski definition) is 1. The number of likely N-dealkylation sites (tertiary alicyclic amines) is 1. The first kappa shape index (κ1) is 22.8. The van der Waals surface area contributed by atoms with Crippen LogP contribution < -0.4 is 5.32 Å². The monoisotopic (exact) mass is 462 g/mol. The summed E-state index contributed by atoms with van der Waals surface area (Å²) in [7, 11) is 0. The fourth-order valence-corrected chi connectivity index (χ4v) is 4.63. The lowest BCUT2D eigenvalue weighted by Crippen LogP contribution is -2.51. The van der Waals surface area contributed by atoms with Gasteiger partial charge >= 0.3 is 12.4 Å². The molecule has 174 valence electrons. The third-order valence-electron chi connectivity index (χ3n) is 6.33. The van der Waals surface area contributed by atoms with E-state index in [0.29, 0.717) is 25.2 Å². The van der Waals surface area contributed by atoms with Gasteiger partial charge in [0.25, 0.3) is 0 Å². The number of halogens is 7. The van der Waals surface area contributed by atoms with Crippen molar-refractivity contribution in [1.82, 2.24) is 14.9 Å². The molecule has 4 rings (SSSR count). The molecule has 4 nitrogen and oxygen atoms in total. The molecule has 0 radical (unpaired) electrons. The molecular formula is C21H21F7N4. The van der Waals surface area contributed by atoms with Crippen LogP contribution in [0, 0.1) is 11.2 Å². The first-order chi connectivity index (χ1) is 14.9. The molecule has 0 atom stereocenters. The number of alkyl halides is 6. The summed E-state index contributed by atoms with van der Waals surface area (Å²) in [5.41, 5.74) is -1.76. The smallest absolute Gasteiger partial charge is 0.367 e. The first-order valence-corrected chi connectivity index (χ1v) is 10.2. The van der Waals surface area contributed by atoms with E-state index in [2.05, 4.69) is 15.3 Å². The van der Waals surface area contributed by atoms with Crippen molar-refractivity contribution >= 4 is 5.82 Å². The fourth-order valence-electron chi connectivity index (χ4n) is 4.63. The van der Waals surface area contributed by atoms with Gasteiger partial charge < -0.3 is 5.32 Å². The third kappa shape index (κ3) is 4.97. The largest absolute Gasteiger partial charge is 0.433 e. The van der Waals surface area contributed by atoms with Gasteiger partial charge in [0, 0.05) is 18.7 Å². The number of rotatable bonds is 4. The molecule has 32 heavy (non-hydrogen) atoms. The lowest BCUT2D eigenvalue weighted by atomic mass is 9.60. The quantitative estimate of drug-likeness (QED) is 0.609. The topological polar surface area (TPSA) is 41.0 Å². The molecule has 2 aromatic rings. The van der Waals surface area contributed by atoms with Crippen LogP contribution in [-0.4, -0.2) is 34.0 Å². The van der Waals surface area contributed by atoms with Crippen LogP contribution in [-0.2, 0) is 18.9 Å². The number of aromatic nitrogens is 2. The molecule has 1 spiro atoms. The Morgan fingerprint density at radius 1 is 0.969 bits per heavy atom. The number of hydrogen-bond acceptors (Lipinski definition) is 4. The molecule has 1 aromatic carbocycles. The van der Waals surface area contributed by atoms with Gasteiger partial charge in [0.1, 0.15) is 23.7 Å². The number of anilines is 1. The molecule has 1 aliphatic heterocycles. The molecular weight excluding hydrogens is 441 g/mol. The summed E-state index contributed by atoms with van der Waals surface area (Å²) in [6, 6.07) is 3.99. The van der Waals surface area contributed by atoms with Gasteiger partial charge in [-0.05, 0) is 61.9 Å². The van der Waals surface area contributed by atoms with Crippen molar-refractivity contribution in [1.29, 1.82) is 0 Å². The van der Waals surface area contributed by atoms with Gasteiger partial charge in [0.05, 0.1) is 5.56 Å². The molecule has 1 aliphatic carbocycles. The van der Waals surface area contributed by atoms with E-state index in [1.54, 1.807) is 0 Å². The van der Waals surface area contributed by atoms with Crippen LogP contribution in [0.4, 0.5) is 36.6 Å². The summed E-state index contributed by atoms with van der Waals surface area (Å²) >= 11 is 0. The molecule has 0 bridgehead atoms. The molecule has 11 heteroatoms. The zero-order valence-corrected chi connectivity index (χ0v) is 16.9. The third-order valence-corrected chi connectivity index (χ3v) is 6.33. The van der Waals surface area contributed by atoms with E-state index in [4.69, 9.17) is 0 Å². The maximum absolute atomic E-state index is 13.5. The lowest BCUT2D eigenvalue weighted by molar-refractivity contribution is -0.141. The molecule has 0 amide bonds. The lowest BCUT2D eigenvalue weighted by Gasteiger charge is -2.52. The van der Waals surface area contributed by atoms with Crippen LogP contribution in [0.1, 0.15) is 42.5 Å². The van der Waals surface area contributed by atoms with E-state index < -0.39 is 29.4 Å². The Balaban J connectivity index is 1.28. The van der Waals surface area contributed by atoms with E-state index >= 15 is 0 Å². The second-order valence-corrected chi connectivity index (χ2v) is 8.62. The summed E-state index contributed by atoms with van der Waals surface area (Å²) in [4.78, 5) is 9.15. The summed E-state index contributed by atoms with van der Waals surface area (Å²) < 4.78 is 90.6. The van der Waals surface area contributed by atoms with E-state index in [-0.39, 0.29) is 17.3 Å². The number of benzene rings is 1. The molecule has 2 aliphatic rings. The van der Waals surface area contributed by atoms with Crippen molar-refractivity contribution in [3.8, 4) is 0 Å². The number of nitrogens with zero attached hydrogens (tertiary/aromatic N) is 3. The minimum Gasteiger partial charge on any atom is -0.367 e. The van der Waals surface area contributed by atoms with Gasteiger partial charge in [-0.2, -0.15) is 26.3 Å². The Morgan fingerprint density at radius 2 is 1.66 bits per heavy atom. The van der Waals surface area contributed by atoms with Crippen LogP contribution >= 0.6 is 0 Å². The first-order valence-electron chi connectivity index (χ1n) is 10.2. The Kier molecular flexibility index (Phi) is 5.81. The highest BCUT2D eigenvalue weighted by Crippen LogP contribution is 2.50. The average Bonchev–Trinajstić information content (AvgIpc) is 2.68. The average molecular weight is 462 g/mol. The van der Waals surface area contributed by atoms with Crippen molar-refractivity contribution in [2.24, 2.45) is 5.41 Å². The highest BCUT2D eigenvalue weighted by Gasteiger charge is 2.46. The second kappa shape index (κ2) is 8.17. The summed E-state index contributed by atoms with van der Waals surface area (Å²) in [6.45, 7) is 1.69. The maximum atomic E-state index is 13.5. The van der Waals surface area contributed by atoms with Crippen molar-refractivity contribution in [3.63, 3.8) is 0 Å². The van der Waals surface area contributed by atoms with Crippen molar-refractivity contribution in [2.45, 2.75) is 50.6 Å². The van der Waals surface area contributed by atoms with E-state index in [1.165, 1.54) is 6.07 Å². The summed E-state index contributed by atoms with van der Waals surface area (Å²) in [5, 5.41) is 3.03. The highest BCUT2D eigenvalue weighted by molar-refractivity contribution is 5.38. The zero-order chi connectivity index (χ0) is 23.1. The predicted molar refractivity (Wildman–Crippen MR) is 102 cm³/mol. The SMILES string of the molecule is Fc1ccc(CN2CCC3(CC2)CC(Nc2cc(C(F)(F)F)ncn2)C3)cc1C(F)(F)F. The van der Waals surface area contributed by atoms with Crippen LogP contribution in [0.25, 0.3) is 0 Å². The molecule has 2 fully saturated rings. The van der Waals surface area contributed by atoms with Crippen molar-refractivity contribution < 1.29 is 30.7 Å². The van der Waals surface area contributed by atoms with E-state index in [9.17, 15) is 30.7 Å². The van der Waals surface area contributed by atoms with Crippen LogP contribution in [0.5, 0.6) is 0 Å².